The summed E-state index contributed by atoms with van der Waals surface area (Å²) >= 11 is 1.89. The first-order chi connectivity index (χ1) is 9.41. The number of thioether (sulfide) groups is 1. The highest BCUT2D eigenvalue weighted by Crippen LogP contribution is 2.37. The van der Waals surface area contributed by atoms with Gasteiger partial charge in [0.1, 0.15) is 6.04 Å². The number of rotatable bonds is 3. The molecular formula is C14H24N2O3S. The van der Waals surface area contributed by atoms with Crippen LogP contribution in [-0.4, -0.2) is 51.6 Å². The van der Waals surface area contributed by atoms with Crippen molar-refractivity contribution in [1.82, 2.24) is 10.2 Å². The lowest BCUT2D eigenvalue weighted by Gasteiger charge is -2.36. The van der Waals surface area contributed by atoms with Gasteiger partial charge in [-0.15, -0.1) is 0 Å². The van der Waals surface area contributed by atoms with E-state index >= 15 is 0 Å². The molecule has 2 amide bonds. The van der Waals surface area contributed by atoms with Crippen LogP contribution in [0.2, 0.25) is 0 Å². The lowest BCUT2D eigenvalue weighted by molar-refractivity contribution is -0.143. The van der Waals surface area contributed by atoms with Gasteiger partial charge < -0.3 is 15.3 Å². The number of piperidine rings is 1. The van der Waals surface area contributed by atoms with E-state index in [9.17, 15) is 14.7 Å². The fourth-order valence-electron chi connectivity index (χ4n) is 2.96. The van der Waals surface area contributed by atoms with Crippen molar-refractivity contribution < 1.29 is 14.7 Å². The molecule has 3 atom stereocenters. The van der Waals surface area contributed by atoms with Gasteiger partial charge in [-0.2, -0.15) is 11.8 Å². The van der Waals surface area contributed by atoms with E-state index < -0.39 is 12.0 Å². The molecule has 0 radical (unpaired) electrons. The quantitative estimate of drug-likeness (QED) is 0.838. The van der Waals surface area contributed by atoms with Crippen molar-refractivity contribution in [1.29, 1.82) is 0 Å². The molecule has 2 N–H and O–H groups in total. The Morgan fingerprint density at radius 2 is 2.25 bits per heavy atom. The number of carboxylic acids is 1. The third-order valence-corrected chi connectivity index (χ3v) is 5.86. The molecule has 0 spiro atoms. The van der Waals surface area contributed by atoms with Gasteiger partial charge in [0, 0.05) is 17.8 Å². The van der Waals surface area contributed by atoms with Gasteiger partial charge in [-0.3, -0.25) is 0 Å². The second kappa shape index (κ2) is 6.24. The molecule has 0 bridgehead atoms. The van der Waals surface area contributed by atoms with Gasteiger partial charge in [0.15, 0.2) is 0 Å². The van der Waals surface area contributed by atoms with Gasteiger partial charge >= 0.3 is 12.0 Å². The number of aliphatic carboxylic acids is 1. The number of carboxylic acid groups (broad SMARTS) is 1. The summed E-state index contributed by atoms with van der Waals surface area (Å²) in [5.41, 5.74) is 0. The molecule has 0 aliphatic carbocycles. The Bertz CT molecular complexity index is 383. The highest BCUT2D eigenvalue weighted by atomic mass is 32.2. The molecular weight excluding hydrogens is 276 g/mol. The van der Waals surface area contributed by atoms with Gasteiger partial charge in [-0.05, 0) is 44.3 Å². The van der Waals surface area contributed by atoms with Crippen LogP contribution in [-0.2, 0) is 4.79 Å². The Kier molecular flexibility index (Phi) is 4.83. The van der Waals surface area contributed by atoms with Crippen LogP contribution in [0.25, 0.3) is 0 Å². The first kappa shape index (κ1) is 15.5. The van der Waals surface area contributed by atoms with Gasteiger partial charge in [0.25, 0.3) is 0 Å². The minimum absolute atomic E-state index is 0.109. The largest absolute Gasteiger partial charge is 0.480 e. The van der Waals surface area contributed by atoms with Crippen LogP contribution in [0, 0.1) is 5.92 Å². The van der Waals surface area contributed by atoms with Crippen molar-refractivity contribution in [2.45, 2.75) is 50.3 Å². The van der Waals surface area contributed by atoms with E-state index in [0.29, 0.717) is 25.4 Å². The smallest absolute Gasteiger partial charge is 0.326 e. The molecule has 2 aliphatic heterocycles. The van der Waals surface area contributed by atoms with E-state index in [2.05, 4.69) is 12.2 Å². The molecule has 2 fully saturated rings. The normalized spacial score (nSPS) is 34.0. The minimum atomic E-state index is -0.895. The Balaban J connectivity index is 1.91. The number of likely N-dealkylation sites (tertiary alicyclic amines) is 1. The average Bonchev–Trinajstić information content (AvgIpc) is 2.83. The summed E-state index contributed by atoms with van der Waals surface area (Å²) in [4.78, 5) is 25.1. The molecule has 6 heteroatoms. The molecule has 0 aromatic rings. The molecule has 2 saturated heterocycles. The average molecular weight is 300 g/mol. The Hall–Kier alpha value is -0.910. The maximum absolute atomic E-state index is 12.3. The predicted octanol–water partition coefficient (Wildman–Crippen LogP) is 2.17. The summed E-state index contributed by atoms with van der Waals surface area (Å²) in [5, 5.41) is 12.2. The lowest BCUT2D eigenvalue weighted by atomic mass is 9.93. The second-order valence-corrected chi connectivity index (χ2v) is 7.92. The van der Waals surface area contributed by atoms with E-state index in [0.717, 1.165) is 18.6 Å². The summed E-state index contributed by atoms with van der Waals surface area (Å²) in [7, 11) is 0. The van der Waals surface area contributed by atoms with Crippen LogP contribution in [0.15, 0.2) is 0 Å². The third kappa shape index (κ3) is 3.59. The number of nitrogens with one attached hydrogen (secondary N) is 1. The molecule has 2 aliphatic rings. The Morgan fingerprint density at radius 3 is 2.85 bits per heavy atom. The summed E-state index contributed by atoms with van der Waals surface area (Å²) in [6.07, 6.45) is 3.73. The summed E-state index contributed by atoms with van der Waals surface area (Å²) in [6, 6.07) is -0.902. The van der Waals surface area contributed by atoms with Crippen molar-refractivity contribution in [2.24, 2.45) is 5.92 Å². The maximum atomic E-state index is 12.3. The van der Waals surface area contributed by atoms with Gasteiger partial charge in [0.2, 0.25) is 0 Å². The van der Waals surface area contributed by atoms with Crippen LogP contribution < -0.4 is 5.32 Å². The molecule has 0 aromatic heterocycles. The van der Waals surface area contributed by atoms with Gasteiger partial charge in [-0.25, -0.2) is 9.59 Å². The predicted molar refractivity (Wildman–Crippen MR) is 80.0 cm³/mol. The highest BCUT2D eigenvalue weighted by molar-refractivity contribution is 8.00. The number of carbonyl (C=O) groups excluding carboxylic acids is 1. The molecule has 2 rings (SSSR count). The fourth-order valence-corrected chi connectivity index (χ4v) is 4.20. The van der Waals surface area contributed by atoms with E-state index in [-0.39, 0.29) is 10.8 Å². The summed E-state index contributed by atoms with van der Waals surface area (Å²) in [6.45, 7) is 5.36. The molecule has 0 saturated carbocycles. The first-order valence-corrected chi connectivity index (χ1v) is 8.31. The van der Waals surface area contributed by atoms with Crippen LogP contribution in [0.4, 0.5) is 4.79 Å². The second-order valence-electron chi connectivity index (χ2n) is 6.24. The standard InChI is InChI=1S/C14H24N2O3S/c1-10-4-6-16(11(8-10)12(17)18)13(19)15-9-14(2)5-3-7-20-14/h10-11H,3-9H2,1-2H3,(H,15,19)(H,17,18). The van der Waals surface area contributed by atoms with E-state index in [4.69, 9.17) is 0 Å². The zero-order chi connectivity index (χ0) is 14.8. The Morgan fingerprint density at radius 1 is 1.50 bits per heavy atom. The number of carbonyl (C=O) groups is 2. The Labute approximate surface area is 124 Å². The van der Waals surface area contributed by atoms with E-state index in [1.807, 2.05) is 18.7 Å². The number of hydrogen-bond acceptors (Lipinski definition) is 3. The number of hydrogen-bond donors (Lipinski definition) is 2. The van der Waals surface area contributed by atoms with Crippen LogP contribution in [0.5, 0.6) is 0 Å². The number of nitrogens with zero attached hydrogens (tertiary/aromatic N) is 1. The molecule has 3 unspecified atom stereocenters. The maximum Gasteiger partial charge on any atom is 0.326 e. The SMILES string of the molecule is CC1CCN(C(=O)NCC2(C)CCCS2)C(C(=O)O)C1. The van der Waals surface area contributed by atoms with Crippen molar-refractivity contribution in [2.75, 3.05) is 18.8 Å². The van der Waals surface area contributed by atoms with Crippen LogP contribution in [0.1, 0.15) is 39.5 Å². The minimum Gasteiger partial charge on any atom is -0.480 e. The van der Waals surface area contributed by atoms with Crippen molar-refractivity contribution >= 4 is 23.8 Å². The number of amides is 2. The van der Waals surface area contributed by atoms with Gasteiger partial charge in [0.05, 0.1) is 0 Å². The summed E-state index contributed by atoms with van der Waals surface area (Å²) < 4.78 is 0.109. The van der Waals surface area contributed by atoms with Gasteiger partial charge in [-0.1, -0.05) is 6.92 Å². The number of urea groups is 1. The molecule has 5 nitrogen and oxygen atoms in total. The van der Waals surface area contributed by atoms with E-state index in [1.54, 1.807) is 0 Å². The fraction of sp³-hybridized carbons (Fsp3) is 0.857. The van der Waals surface area contributed by atoms with Crippen molar-refractivity contribution in [3.63, 3.8) is 0 Å². The third-order valence-electron chi connectivity index (χ3n) is 4.32. The van der Waals surface area contributed by atoms with Crippen molar-refractivity contribution in [3.8, 4) is 0 Å². The monoisotopic (exact) mass is 300 g/mol. The molecule has 0 aromatic carbocycles. The highest BCUT2D eigenvalue weighted by Gasteiger charge is 2.36. The molecule has 20 heavy (non-hydrogen) atoms. The summed E-state index contributed by atoms with van der Waals surface area (Å²) in [5.74, 6) is 0.613. The van der Waals surface area contributed by atoms with Crippen LogP contribution in [0.3, 0.4) is 0 Å². The van der Waals surface area contributed by atoms with Crippen molar-refractivity contribution in [3.05, 3.63) is 0 Å². The topological polar surface area (TPSA) is 69.6 Å². The molecule has 114 valence electrons. The van der Waals surface area contributed by atoms with E-state index in [1.165, 1.54) is 11.3 Å². The zero-order valence-corrected chi connectivity index (χ0v) is 13.0. The lowest BCUT2D eigenvalue weighted by Crippen LogP contribution is -2.54. The molecule has 2 heterocycles. The van der Waals surface area contributed by atoms with Crippen LogP contribution >= 0.6 is 11.8 Å². The zero-order valence-electron chi connectivity index (χ0n) is 12.2. The first-order valence-electron chi connectivity index (χ1n) is 7.32.